The molecular formula is C27H45NO3. The Hall–Kier alpha value is -0.870. The Morgan fingerprint density at radius 3 is 2.61 bits per heavy atom. The molecule has 1 heterocycles. The maximum absolute atomic E-state index is 12.2. The monoisotopic (exact) mass is 431 g/mol. The van der Waals surface area contributed by atoms with Gasteiger partial charge >= 0.3 is 5.97 Å². The fourth-order valence-corrected chi connectivity index (χ4v) is 7.78. The van der Waals surface area contributed by atoms with Gasteiger partial charge in [0.2, 0.25) is 0 Å². The molecule has 31 heavy (non-hydrogen) atoms. The van der Waals surface area contributed by atoms with Gasteiger partial charge in [-0.25, -0.2) is 0 Å². The first kappa shape index (κ1) is 23.3. The number of allylic oxidation sites excluding steroid dienone is 1. The lowest BCUT2D eigenvalue weighted by atomic mass is 9.50. The van der Waals surface area contributed by atoms with Crippen LogP contribution in [0.25, 0.3) is 0 Å². The third-order valence-corrected chi connectivity index (χ3v) is 9.99. The number of carbonyl (C=O) groups is 1. The molecule has 0 N–H and O–H groups in total. The average Bonchev–Trinajstić information content (AvgIpc) is 3.04. The molecule has 4 rings (SSSR count). The third-order valence-electron chi connectivity index (χ3n) is 9.99. The van der Waals surface area contributed by atoms with E-state index >= 15 is 0 Å². The van der Waals surface area contributed by atoms with Gasteiger partial charge in [-0.15, -0.1) is 0 Å². The summed E-state index contributed by atoms with van der Waals surface area (Å²) >= 11 is 0. The van der Waals surface area contributed by atoms with Crippen LogP contribution in [0.3, 0.4) is 0 Å². The predicted octanol–water partition coefficient (Wildman–Crippen LogP) is 5.47. The van der Waals surface area contributed by atoms with E-state index in [4.69, 9.17) is 9.47 Å². The second-order valence-corrected chi connectivity index (χ2v) is 11.7. The highest BCUT2D eigenvalue weighted by atomic mass is 16.5. The molecule has 0 spiro atoms. The second-order valence-electron chi connectivity index (χ2n) is 11.7. The zero-order valence-corrected chi connectivity index (χ0v) is 20.5. The second kappa shape index (κ2) is 9.17. The van der Waals surface area contributed by atoms with Gasteiger partial charge in [0.05, 0.1) is 13.2 Å². The van der Waals surface area contributed by atoms with Crippen LogP contribution >= 0.6 is 0 Å². The molecule has 0 aromatic rings. The van der Waals surface area contributed by atoms with Crippen molar-refractivity contribution in [2.75, 3.05) is 32.8 Å². The van der Waals surface area contributed by atoms with Gasteiger partial charge in [-0.2, -0.15) is 0 Å². The molecule has 1 aliphatic heterocycles. The van der Waals surface area contributed by atoms with Crippen molar-refractivity contribution < 1.29 is 14.3 Å². The highest BCUT2D eigenvalue weighted by Crippen LogP contribution is 2.62. The summed E-state index contributed by atoms with van der Waals surface area (Å²) in [5, 5.41) is 0. The van der Waals surface area contributed by atoms with E-state index in [1.165, 1.54) is 50.6 Å². The van der Waals surface area contributed by atoms with Crippen molar-refractivity contribution >= 4 is 5.97 Å². The molecule has 4 heteroatoms. The fourth-order valence-electron chi connectivity index (χ4n) is 7.78. The molecule has 0 radical (unpaired) electrons. The number of nitrogens with zero attached hydrogens (tertiary/aromatic N) is 1. The van der Waals surface area contributed by atoms with Crippen LogP contribution in [-0.4, -0.2) is 49.8 Å². The number of rotatable bonds is 5. The van der Waals surface area contributed by atoms with E-state index in [9.17, 15) is 4.79 Å². The summed E-state index contributed by atoms with van der Waals surface area (Å²) in [6, 6.07) is 0. The first-order chi connectivity index (χ1) is 14.7. The highest BCUT2D eigenvalue weighted by Gasteiger charge is 2.58. The molecule has 1 saturated heterocycles. The molecule has 0 unspecified atom stereocenters. The minimum atomic E-state index is -0.102. The largest absolute Gasteiger partial charge is 0.462 e. The minimum absolute atomic E-state index is 0.0554. The SMILES string of the molecule is C=C1CC[C@H]2[C@H](OC(C)=O)[C@@H]([C@@]3(C)CC[C@H](C)C[C@@H]3CCN3CCOCC3)CC[C@]12C. The number of carbonyl (C=O) groups excluding carboxylic acids is 1. The van der Waals surface area contributed by atoms with Crippen molar-refractivity contribution in [3.05, 3.63) is 12.2 Å². The lowest BCUT2D eigenvalue weighted by Crippen LogP contribution is -2.54. The Labute approximate surface area is 190 Å². The number of morpholine rings is 1. The molecule has 0 amide bonds. The van der Waals surface area contributed by atoms with Crippen LogP contribution in [0.15, 0.2) is 12.2 Å². The standard InChI is InChI=1S/C27H45NO3/c1-19-8-11-27(5,22(18-19)10-13-28-14-16-30-17-15-28)24-9-12-26(4)20(2)6-7-23(26)25(24)31-21(3)29/h19,22-25H,2,6-18H2,1,3-5H3/t19-,22-,23-,24-,25-,26+,27-/m0/s1. The quantitative estimate of drug-likeness (QED) is 0.428. The van der Waals surface area contributed by atoms with Crippen molar-refractivity contribution in [3.63, 3.8) is 0 Å². The average molecular weight is 432 g/mol. The first-order valence-electron chi connectivity index (χ1n) is 12.9. The predicted molar refractivity (Wildman–Crippen MR) is 125 cm³/mol. The number of hydrogen-bond donors (Lipinski definition) is 0. The Morgan fingerprint density at radius 2 is 1.90 bits per heavy atom. The van der Waals surface area contributed by atoms with Crippen molar-refractivity contribution in [2.45, 2.75) is 85.2 Å². The molecular weight excluding hydrogens is 386 g/mol. The molecule has 4 aliphatic rings. The fraction of sp³-hybridized carbons (Fsp3) is 0.889. The van der Waals surface area contributed by atoms with Gasteiger partial charge in [-0.3, -0.25) is 9.69 Å². The zero-order valence-electron chi connectivity index (χ0n) is 20.5. The number of ether oxygens (including phenoxy) is 2. The Morgan fingerprint density at radius 1 is 1.16 bits per heavy atom. The molecule has 4 nitrogen and oxygen atoms in total. The summed E-state index contributed by atoms with van der Waals surface area (Å²) < 4.78 is 11.8. The molecule has 176 valence electrons. The first-order valence-corrected chi connectivity index (χ1v) is 12.9. The van der Waals surface area contributed by atoms with Crippen LogP contribution in [0, 0.1) is 34.5 Å². The van der Waals surface area contributed by atoms with Crippen LogP contribution in [-0.2, 0) is 14.3 Å². The van der Waals surface area contributed by atoms with Gasteiger partial charge in [-0.05, 0) is 74.2 Å². The van der Waals surface area contributed by atoms with Crippen LogP contribution in [0.4, 0.5) is 0 Å². The number of fused-ring (bicyclic) bond motifs is 1. The smallest absolute Gasteiger partial charge is 0.302 e. The number of hydrogen-bond acceptors (Lipinski definition) is 4. The maximum atomic E-state index is 12.2. The number of esters is 1. The van der Waals surface area contributed by atoms with E-state index < -0.39 is 0 Å². The van der Waals surface area contributed by atoms with Crippen molar-refractivity contribution in [3.8, 4) is 0 Å². The molecule has 4 fully saturated rings. The van der Waals surface area contributed by atoms with E-state index in [-0.39, 0.29) is 22.9 Å². The zero-order chi connectivity index (χ0) is 22.2. The summed E-state index contributed by atoms with van der Waals surface area (Å²) in [6.45, 7) is 18.5. The normalized spacial score (nSPS) is 44.1. The summed E-state index contributed by atoms with van der Waals surface area (Å²) in [5.41, 5.74) is 1.79. The van der Waals surface area contributed by atoms with Gasteiger partial charge in [0, 0.05) is 31.8 Å². The molecule has 0 aromatic heterocycles. The summed E-state index contributed by atoms with van der Waals surface area (Å²) in [5.74, 6) is 2.32. The van der Waals surface area contributed by atoms with Crippen LogP contribution in [0.2, 0.25) is 0 Å². The highest BCUT2D eigenvalue weighted by molar-refractivity contribution is 5.66. The van der Waals surface area contributed by atoms with Crippen molar-refractivity contribution in [1.82, 2.24) is 4.90 Å². The lowest BCUT2D eigenvalue weighted by molar-refractivity contribution is -0.172. The summed E-state index contributed by atoms with van der Waals surface area (Å²) in [7, 11) is 0. The molecule has 3 aliphatic carbocycles. The van der Waals surface area contributed by atoms with Gasteiger partial charge in [0.1, 0.15) is 6.10 Å². The lowest BCUT2D eigenvalue weighted by Gasteiger charge is -2.56. The van der Waals surface area contributed by atoms with E-state index in [0.717, 1.165) is 45.1 Å². The molecule has 0 aromatic carbocycles. The third kappa shape index (κ3) is 4.49. The Balaban J connectivity index is 1.56. The maximum Gasteiger partial charge on any atom is 0.302 e. The topological polar surface area (TPSA) is 38.8 Å². The molecule has 0 bridgehead atoms. The van der Waals surface area contributed by atoms with Crippen molar-refractivity contribution in [1.29, 1.82) is 0 Å². The van der Waals surface area contributed by atoms with Gasteiger partial charge in [0.25, 0.3) is 0 Å². The van der Waals surface area contributed by atoms with Crippen molar-refractivity contribution in [2.24, 2.45) is 34.5 Å². The van der Waals surface area contributed by atoms with Gasteiger partial charge < -0.3 is 9.47 Å². The molecule has 7 atom stereocenters. The minimum Gasteiger partial charge on any atom is -0.462 e. The summed E-state index contributed by atoms with van der Waals surface area (Å²) in [6.07, 6.45) is 9.83. The van der Waals surface area contributed by atoms with Gasteiger partial charge in [0.15, 0.2) is 0 Å². The summed E-state index contributed by atoms with van der Waals surface area (Å²) in [4.78, 5) is 14.8. The van der Waals surface area contributed by atoms with Crippen LogP contribution in [0.1, 0.15) is 79.1 Å². The van der Waals surface area contributed by atoms with E-state index in [0.29, 0.717) is 17.8 Å². The van der Waals surface area contributed by atoms with Crippen LogP contribution in [0.5, 0.6) is 0 Å². The van der Waals surface area contributed by atoms with E-state index in [1.807, 2.05) is 0 Å². The Kier molecular flexibility index (Phi) is 6.89. The Bertz CT molecular complexity index is 671. The van der Waals surface area contributed by atoms with Crippen LogP contribution < -0.4 is 0 Å². The molecule has 3 saturated carbocycles. The van der Waals surface area contributed by atoms with Gasteiger partial charge in [-0.1, -0.05) is 39.3 Å². The van der Waals surface area contributed by atoms with E-state index in [2.05, 4.69) is 32.3 Å². The van der Waals surface area contributed by atoms with E-state index in [1.54, 1.807) is 6.92 Å².